The molecule has 2 amide bonds. The highest BCUT2D eigenvalue weighted by molar-refractivity contribution is 5.92. The number of hydrogen-bond donors (Lipinski definition) is 6. The number of pyridine rings is 1. The lowest BCUT2D eigenvalue weighted by Gasteiger charge is -2.47. The third kappa shape index (κ3) is 9.92. The van der Waals surface area contributed by atoms with Crippen molar-refractivity contribution in [3.8, 4) is 16.9 Å². The molecule has 1 atom stereocenters. The molecule has 8 rings (SSSR count). The summed E-state index contributed by atoms with van der Waals surface area (Å²) in [5.74, 6) is -0.133. The zero-order valence-corrected chi connectivity index (χ0v) is 30.4. The van der Waals surface area contributed by atoms with Crippen molar-refractivity contribution in [1.82, 2.24) is 15.2 Å². The summed E-state index contributed by atoms with van der Waals surface area (Å²) in [6.07, 6.45) is 2.97. The molecule has 3 aliphatic rings. The molecule has 11 nitrogen and oxygen atoms in total. The predicted octanol–water partition coefficient (Wildman–Crippen LogP) is 6.78. The maximum absolute atomic E-state index is 13.2. The van der Waals surface area contributed by atoms with Crippen molar-refractivity contribution in [2.75, 3.05) is 36.8 Å². The van der Waals surface area contributed by atoms with E-state index < -0.39 is 12.2 Å². The number of phenols is 1. The van der Waals surface area contributed by atoms with Gasteiger partial charge in [-0.1, -0.05) is 60.7 Å². The van der Waals surface area contributed by atoms with Crippen LogP contribution in [0.2, 0.25) is 0 Å². The number of aromatic amines is 1. The molecule has 0 unspecified atom stereocenters. The van der Waals surface area contributed by atoms with E-state index in [2.05, 4.69) is 25.8 Å². The number of piperidine rings is 3. The molecule has 3 fully saturated rings. The van der Waals surface area contributed by atoms with Crippen molar-refractivity contribution in [2.45, 2.75) is 56.8 Å². The Bertz CT molecular complexity index is 2130. The first kappa shape index (κ1) is 40.6. The van der Waals surface area contributed by atoms with Crippen LogP contribution in [0.5, 0.6) is 5.75 Å². The van der Waals surface area contributed by atoms with Gasteiger partial charge in [0.1, 0.15) is 11.4 Å². The van der Waals surface area contributed by atoms with E-state index in [9.17, 15) is 24.6 Å². The number of aromatic hydroxyl groups is 1. The molecule has 3 saturated heterocycles. The molecule has 1 aromatic heterocycles. The monoisotopic (exact) mass is 755 g/mol. The van der Waals surface area contributed by atoms with Crippen LogP contribution in [-0.2, 0) is 22.5 Å². The Morgan fingerprint density at radius 3 is 2.29 bits per heavy atom. The third-order valence-corrected chi connectivity index (χ3v) is 10.4. The van der Waals surface area contributed by atoms with Crippen molar-refractivity contribution in [2.24, 2.45) is 0 Å². The van der Waals surface area contributed by atoms with Gasteiger partial charge in [-0.05, 0) is 65.4 Å². The minimum atomic E-state index is -0.858. The number of aromatic nitrogens is 1. The summed E-state index contributed by atoms with van der Waals surface area (Å²) in [7, 11) is 0. The number of H-pyrrole nitrogens is 1. The lowest BCUT2D eigenvalue weighted by Crippen LogP contribution is -2.54. The van der Waals surface area contributed by atoms with Crippen LogP contribution in [0.15, 0.2) is 102 Å². The average molecular weight is 756 g/mol. The molecule has 0 aliphatic carbocycles. The van der Waals surface area contributed by atoms with Gasteiger partial charge in [-0.15, -0.1) is 0 Å². The molecule has 0 spiro atoms. The van der Waals surface area contributed by atoms with Crippen LogP contribution in [0, 0.1) is 0 Å². The SMILES string of the molecule is F.F.O=C(CCCc1ccc(-c2ccccc2)c(NC(=O)OC23CCN(CC2)CC3)c1)Nc1ccc(CNC[C@H](O)c2ccc(O)c3[nH]c(=O)ccc23)cc1. The van der Waals surface area contributed by atoms with Gasteiger partial charge >= 0.3 is 6.09 Å². The number of fused-ring (bicyclic) bond motifs is 4. The maximum Gasteiger partial charge on any atom is 0.412 e. The number of aryl methyl sites for hydroxylation is 1. The Hall–Kier alpha value is -5.63. The van der Waals surface area contributed by atoms with Crippen LogP contribution < -0.4 is 21.5 Å². The van der Waals surface area contributed by atoms with E-state index in [1.807, 2.05) is 72.8 Å². The predicted molar refractivity (Wildman–Crippen MR) is 211 cm³/mol. The van der Waals surface area contributed by atoms with Crippen LogP contribution in [-0.4, -0.2) is 63.9 Å². The number of aliphatic hydroxyl groups excluding tert-OH is 1. The van der Waals surface area contributed by atoms with Gasteiger partial charge in [-0.3, -0.25) is 24.3 Å². The molecular weight excluding hydrogens is 708 g/mol. The Kier molecular flexibility index (Phi) is 13.4. The first-order valence-electron chi connectivity index (χ1n) is 18.3. The number of carbonyl (C=O) groups excluding carboxylic acids is 2. The molecule has 0 radical (unpaired) electrons. The highest BCUT2D eigenvalue weighted by Crippen LogP contribution is 2.36. The number of carbonyl (C=O) groups is 2. The number of hydrogen-bond acceptors (Lipinski definition) is 8. The van der Waals surface area contributed by atoms with Crippen LogP contribution in [0.25, 0.3) is 22.0 Å². The van der Waals surface area contributed by atoms with Gasteiger partial charge in [0.05, 0.1) is 17.3 Å². The fraction of sp³-hybridized carbons (Fsp3) is 0.310. The van der Waals surface area contributed by atoms with E-state index in [4.69, 9.17) is 4.74 Å². The smallest absolute Gasteiger partial charge is 0.412 e. The summed E-state index contributed by atoms with van der Waals surface area (Å²) >= 11 is 0. The summed E-state index contributed by atoms with van der Waals surface area (Å²) in [5.41, 5.74) is 5.49. The standard InChI is InChI=1S/C42H45N5O6.2FH/c48-36-17-15-33(34-16-18-39(51)46-40(34)36)37(49)27-43-26-29-9-12-31(13-10-29)44-38(50)8-4-5-28-11-14-32(30-6-2-1-3-7-30)35(25-28)45-41(52)53-42-19-22-47(23-20-42)24-21-42;;/h1-3,6-7,9-18,25,37,43,48-49H,4-5,8,19-24,26-27H2,(H,44,50)(H,45,52)(H,46,51);2*1H/t37-;;/m0../s1. The molecular formula is C42H47F2N5O6. The van der Waals surface area contributed by atoms with Gasteiger partial charge in [-0.25, -0.2) is 4.79 Å². The number of phenolic OH excluding ortho intramolecular Hbond substituents is 1. The largest absolute Gasteiger partial charge is 0.506 e. The molecule has 3 aliphatic heterocycles. The highest BCUT2D eigenvalue weighted by Gasteiger charge is 2.42. The number of ether oxygens (including phenoxy) is 1. The third-order valence-electron chi connectivity index (χ3n) is 10.4. The molecule has 4 aromatic carbocycles. The van der Waals surface area contributed by atoms with Crippen molar-refractivity contribution in [3.05, 3.63) is 124 Å². The van der Waals surface area contributed by atoms with Crippen LogP contribution in [0.3, 0.4) is 0 Å². The van der Waals surface area contributed by atoms with Gasteiger partial charge in [0, 0.05) is 81.1 Å². The van der Waals surface area contributed by atoms with Crippen LogP contribution in [0.4, 0.5) is 25.6 Å². The molecule has 290 valence electrons. The summed E-state index contributed by atoms with van der Waals surface area (Å²) < 4.78 is 6.08. The second-order valence-corrected chi connectivity index (χ2v) is 14.1. The number of aliphatic hydroxyl groups is 1. The topological polar surface area (TPSA) is 156 Å². The Morgan fingerprint density at radius 1 is 0.855 bits per heavy atom. The second kappa shape index (κ2) is 18.1. The number of anilines is 2. The zero-order chi connectivity index (χ0) is 36.8. The normalized spacial score (nSPS) is 17.7. The second-order valence-electron chi connectivity index (χ2n) is 14.1. The van der Waals surface area contributed by atoms with E-state index in [0.29, 0.717) is 53.6 Å². The fourth-order valence-electron chi connectivity index (χ4n) is 7.40. The number of nitrogens with zero attached hydrogens (tertiary/aromatic N) is 1. The van der Waals surface area contributed by atoms with Gasteiger partial charge in [0.15, 0.2) is 0 Å². The lowest BCUT2D eigenvalue weighted by molar-refractivity contribution is -0.116. The minimum absolute atomic E-state index is 0. The van der Waals surface area contributed by atoms with E-state index in [1.54, 1.807) is 12.1 Å². The van der Waals surface area contributed by atoms with Gasteiger partial charge in [0.2, 0.25) is 11.5 Å². The summed E-state index contributed by atoms with van der Waals surface area (Å²) in [4.78, 5) is 42.8. The minimum Gasteiger partial charge on any atom is -0.506 e. The van der Waals surface area contributed by atoms with Gasteiger partial charge < -0.3 is 35.5 Å². The van der Waals surface area contributed by atoms with Gasteiger partial charge in [-0.2, -0.15) is 0 Å². The first-order chi connectivity index (χ1) is 25.7. The van der Waals surface area contributed by atoms with E-state index in [-0.39, 0.29) is 38.8 Å². The van der Waals surface area contributed by atoms with E-state index in [0.717, 1.165) is 61.2 Å². The Balaban J connectivity index is 0.00000290. The number of nitrogens with one attached hydrogen (secondary N) is 4. The number of halogens is 2. The molecule has 2 bridgehead atoms. The number of benzene rings is 4. The molecule has 0 saturated carbocycles. The zero-order valence-electron chi connectivity index (χ0n) is 30.4. The molecule has 5 aromatic rings. The maximum atomic E-state index is 13.2. The average Bonchev–Trinajstić information content (AvgIpc) is 3.17. The molecule has 13 heteroatoms. The first-order valence-corrected chi connectivity index (χ1v) is 18.3. The van der Waals surface area contributed by atoms with E-state index >= 15 is 0 Å². The number of rotatable bonds is 13. The lowest BCUT2D eigenvalue weighted by atomic mass is 9.83. The summed E-state index contributed by atoms with van der Waals surface area (Å²) in [6, 6.07) is 29.6. The summed E-state index contributed by atoms with van der Waals surface area (Å²) in [5, 5.41) is 30.8. The van der Waals surface area contributed by atoms with Crippen LogP contribution in [0.1, 0.15) is 54.9 Å². The highest BCUT2D eigenvalue weighted by atomic mass is 19.0. The molecule has 4 heterocycles. The van der Waals surface area contributed by atoms with Crippen molar-refractivity contribution >= 4 is 34.3 Å². The quantitative estimate of drug-likeness (QED) is 0.0769. The van der Waals surface area contributed by atoms with Gasteiger partial charge in [0.25, 0.3) is 0 Å². The van der Waals surface area contributed by atoms with E-state index in [1.165, 1.54) is 12.1 Å². The van der Waals surface area contributed by atoms with Crippen molar-refractivity contribution in [1.29, 1.82) is 0 Å². The summed E-state index contributed by atoms with van der Waals surface area (Å²) in [6.45, 7) is 3.65. The molecule has 55 heavy (non-hydrogen) atoms. The molecule has 6 N–H and O–H groups in total. The Labute approximate surface area is 317 Å². The van der Waals surface area contributed by atoms with Crippen molar-refractivity contribution < 1.29 is 33.9 Å². The van der Waals surface area contributed by atoms with Crippen molar-refractivity contribution in [3.63, 3.8) is 0 Å². The fourth-order valence-corrected chi connectivity index (χ4v) is 7.40. The number of amides is 2. The Morgan fingerprint density at radius 2 is 1.56 bits per heavy atom. The van der Waals surface area contributed by atoms with Crippen LogP contribution >= 0.6 is 0 Å².